The third-order valence-corrected chi connectivity index (χ3v) is 3.86. The minimum absolute atomic E-state index is 0.110. The van der Waals surface area contributed by atoms with Crippen LogP contribution in [0, 0.1) is 0 Å². The van der Waals surface area contributed by atoms with Gasteiger partial charge in [0.25, 0.3) is 5.91 Å². The van der Waals surface area contributed by atoms with E-state index in [1.165, 1.54) is 0 Å². The average molecular weight is 300 g/mol. The predicted octanol–water partition coefficient (Wildman–Crippen LogP) is -0.466. The van der Waals surface area contributed by atoms with E-state index in [2.05, 4.69) is 4.90 Å². The number of carbonyl (C=O) groups excluding carboxylic acids is 1. The van der Waals surface area contributed by atoms with Crippen LogP contribution in [-0.2, 0) is 14.3 Å². The summed E-state index contributed by atoms with van der Waals surface area (Å²) in [5, 5.41) is 18.7. The van der Waals surface area contributed by atoms with E-state index < -0.39 is 23.8 Å². The number of carbonyl (C=O) groups is 2. The molecule has 0 spiro atoms. The second-order valence-electron chi connectivity index (χ2n) is 6.44. The minimum Gasteiger partial charge on any atom is -0.479 e. The lowest BCUT2D eigenvalue weighted by Gasteiger charge is -2.38. The number of nitrogens with zero attached hydrogens (tertiary/aromatic N) is 2. The van der Waals surface area contributed by atoms with Crippen LogP contribution >= 0.6 is 0 Å². The van der Waals surface area contributed by atoms with Crippen LogP contribution in [0.25, 0.3) is 0 Å². The van der Waals surface area contributed by atoms with Gasteiger partial charge in [0.15, 0.2) is 6.10 Å². The van der Waals surface area contributed by atoms with Gasteiger partial charge in [-0.15, -0.1) is 0 Å². The molecule has 2 fully saturated rings. The zero-order chi connectivity index (χ0) is 15.6. The Hall–Kier alpha value is -1.18. The van der Waals surface area contributed by atoms with E-state index in [0.717, 1.165) is 0 Å². The number of amides is 1. The quantitative estimate of drug-likeness (QED) is 0.730. The number of hydrogen-bond donors (Lipinski definition) is 2. The van der Waals surface area contributed by atoms with Gasteiger partial charge < -0.3 is 19.8 Å². The van der Waals surface area contributed by atoms with Crippen molar-refractivity contribution in [2.24, 2.45) is 0 Å². The van der Waals surface area contributed by atoms with Crippen molar-refractivity contribution >= 4 is 11.9 Å². The summed E-state index contributed by atoms with van der Waals surface area (Å²) in [4.78, 5) is 27.0. The standard InChI is InChI=1S/C14H24N2O5/c1-14(2,20)9-15-5-7-16(8-6-15)12(17)10-3-4-11(21-10)13(18)19/h10-11,20H,3-9H2,1-2H3,(H,18,19). The van der Waals surface area contributed by atoms with Crippen molar-refractivity contribution in [3.8, 4) is 0 Å². The van der Waals surface area contributed by atoms with Crippen LogP contribution in [0.1, 0.15) is 26.7 Å². The van der Waals surface area contributed by atoms with Gasteiger partial charge in [0.1, 0.15) is 6.10 Å². The molecule has 1 amide bonds. The van der Waals surface area contributed by atoms with Crippen molar-refractivity contribution in [2.45, 2.75) is 44.5 Å². The molecule has 2 aliphatic rings. The van der Waals surface area contributed by atoms with E-state index in [9.17, 15) is 14.7 Å². The molecule has 2 N–H and O–H groups in total. The summed E-state index contributed by atoms with van der Waals surface area (Å²) in [6.07, 6.45) is -0.605. The van der Waals surface area contributed by atoms with E-state index in [1.54, 1.807) is 18.7 Å². The Balaban J connectivity index is 1.80. The van der Waals surface area contributed by atoms with Crippen molar-refractivity contribution in [3.63, 3.8) is 0 Å². The molecular weight excluding hydrogens is 276 g/mol. The zero-order valence-corrected chi connectivity index (χ0v) is 12.6. The lowest BCUT2D eigenvalue weighted by atomic mass is 10.1. The Bertz CT molecular complexity index is 399. The third-order valence-electron chi connectivity index (χ3n) is 3.86. The lowest BCUT2D eigenvalue weighted by molar-refractivity contribution is -0.155. The van der Waals surface area contributed by atoms with Crippen molar-refractivity contribution in [1.82, 2.24) is 9.80 Å². The fourth-order valence-corrected chi connectivity index (χ4v) is 2.88. The van der Waals surface area contributed by atoms with Gasteiger partial charge in [-0.05, 0) is 26.7 Å². The Labute approximate surface area is 124 Å². The fraction of sp³-hybridized carbons (Fsp3) is 0.857. The lowest BCUT2D eigenvalue weighted by Crippen LogP contribution is -2.53. The Morgan fingerprint density at radius 2 is 1.71 bits per heavy atom. The number of β-amino-alcohol motifs (C(OH)–C–C–N with tert-alkyl or cyclic N) is 1. The number of carboxylic acid groups (broad SMARTS) is 1. The summed E-state index contributed by atoms with van der Waals surface area (Å²) in [6, 6.07) is 0. The SMILES string of the molecule is CC(C)(O)CN1CCN(C(=O)C2CCC(C(=O)O)O2)CC1. The highest BCUT2D eigenvalue weighted by Crippen LogP contribution is 2.22. The van der Waals surface area contributed by atoms with Crippen LogP contribution in [0.3, 0.4) is 0 Å². The molecule has 7 nitrogen and oxygen atoms in total. The van der Waals surface area contributed by atoms with Crippen LogP contribution in [0.2, 0.25) is 0 Å². The summed E-state index contributed by atoms with van der Waals surface area (Å²) >= 11 is 0. The zero-order valence-electron chi connectivity index (χ0n) is 12.6. The summed E-state index contributed by atoms with van der Waals surface area (Å²) in [7, 11) is 0. The van der Waals surface area contributed by atoms with Gasteiger partial charge in [0, 0.05) is 32.7 Å². The molecule has 2 aliphatic heterocycles. The molecule has 2 atom stereocenters. The number of carboxylic acids is 1. The Morgan fingerprint density at radius 1 is 1.14 bits per heavy atom. The van der Waals surface area contributed by atoms with Crippen LogP contribution in [-0.4, -0.2) is 82.4 Å². The number of rotatable bonds is 4. The topological polar surface area (TPSA) is 90.3 Å². The molecule has 0 aromatic carbocycles. The van der Waals surface area contributed by atoms with Gasteiger partial charge in [0.05, 0.1) is 5.60 Å². The van der Waals surface area contributed by atoms with E-state index >= 15 is 0 Å². The molecule has 120 valence electrons. The minimum atomic E-state index is -1.000. The fourth-order valence-electron chi connectivity index (χ4n) is 2.88. The van der Waals surface area contributed by atoms with E-state index in [-0.39, 0.29) is 5.91 Å². The van der Waals surface area contributed by atoms with Gasteiger partial charge >= 0.3 is 5.97 Å². The highest BCUT2D eigenvalue weighted by Gasteiger charge is 2.37. The van der Waals surface area contributed by atoms with Crippen LogP contribution in [0.4, 0.5) is 0 Å². The Morgan fingerprint density at radius 3 is 2.19 bits per heavy atom. The molecule has 0 saturated carbocycles. The monoisotopic (exact) mass is 300 g/mol. The molecule has 0 bridgehead atoms. The van der Waals surface area contributed by atoms with E-state index in [0.29, 0.717) is 45.6 Å². The van der Waals surface area contributed by atoms with Gasteiger partial charge in [-0.1, -0.05) is 0 Å². The Kier molecular flexibility index (Phi) is 4.85. The first kappa shape index (κ1) is 16.2. The van der Waals surface area contributed by atoms with E-state index in [1.807, 2.05) is 0 Å². The molecule has 7 heteroatoms. The second kappa shape index (κ2) is 6.29. The molecule has 2 unspecified atom stereocenters. The summed E-state index contributed by atoms with van der Waals surface area (Å²) < 4.78 is 5.30. The molecule has 21 heavy (non-hydrogen) atoms. The molecule has 0 aliphatic carbocycles. The molecule has 2 heterocycles. The highest BCUT2D eigenvalue weighted by atomic mass is 16.5. The molecule has 0 radical (unpaired) electrons. The number of ether oxygens (including phenoxy) is 1. The number of hydrogen-bond acceptors (Lipinski definition) is 5. The molecule has 0 aromatic heterocycles. The normalized spacial score (nSPS) is 27.9. The molecule has 0 aromatic rings. The first-order valence-electron chi connectivity index (χ1n) is 7.38. The van der Waals surface area contributed by atoms with Gasteiger partial charge in [-0.25, -0.2) is 4.79 Å². The van der Waals surface area contributed by atoms with Crippen LogP contribution in [0.15, 0.2) is 0 Å². The average Bonchev–Trinajstić information content (AvgIpc) is 2.86. The first-order chi connectivity index (χ1) is 9.76. The smallest absolute Gasteiger partial charge is 0.332 e. The first-order valence-corrected chi connectivity index (χ1v) is 7.38. The summed E-state index contributed by atoms with van der Waals surface area (Å²) in [5.74, 6) is -1.11. The van der Waals surface area contributed by atoms with Crippen molar-refractivity contribution in [3.05, 3.63) is 0 Å². The number of piperazine rings is 1. The third kappa shape index (κ3) is 4.39. The van der Waals surface area contributed by atoms with Gasteiger partial charge in [-0.3, -0.25) is 9.69 Å². The van der Waals surface area contributed by atoms with Crippen molar-refractivity contribution < 1.29 is 24.5 Å². The van der Waals surface area contributed by atoms with Gasteiger partial charge in [-0.2, -0.15) is 0 Å². The largest absolute Gasteiger partial charge is 0.479 e. The number of aliphatic carboxylic acids is 1. The second-order valence-corrected chi connectivity index (χ2v) is 6.44. The summed E-state index contributed by atoms with van der Waals surface area (Å²) in [5.41, 5.74) is -0.741. The predicted molar refractivity (Wildman–Crippen MR) is 74.8 cm³/mol. The number of aliphatic hydroxyl groups is 1. The molecule has 2 rings (SSSR count). The maximum atomic E-state index is 12.3. The molecular formula is C14H24N2O5. The van der Waals surface area contributed by atoms with Crippen molar-refractivity contribution in [1.29, 1.82) is 0 Å². The summed E-state index contributed by atoms with van der Waals surface area (Å²) in [6.45, 7) is 6.72. The van der Waals surface area contributed by atoms with Gasteiger partial charge in [0.2, 0.25) is 0 Å². The highest BCUT2D eigenvalue weighted by molar-refractivity contribution is 5.82. The van der Waals surface area contributed by atoms with Crippen molar-refractivity contribution in [2.75, 3.05) is 32.7 Å². The maximum absolute atomic E-state index is 12.3. The van der Waals surface area contributed by atoms with Crippen LogP contribution < -0.4 is 0 Å². The molecule has 2 saturated heterocycles. The maximum Gasteiger partial charge on any atom is 0.332 e. The van der Waals surface area contributed by atoms with Crippen LogP contribution in [0.5, 0.6) is 0 Å². The van der Waals surface area contributed by atoms with E-state index in [4.69, 9.17) is 9.84 Å².